The molecule has 0 heterocycles. The van der Waals surface area contributed by atoms with E-state index in [1.807, 2.05) is 0 Å². The summed E-state index contributed by atoms with van der Waals surface area (Å²) >= 11 is 0. The molecule has 0 aromatic rings. The number of primary amides is 1. The minimum atomic E-state index is -0.730. The fraction of sp³-hybridized carbons (Fsp3) is 0.300. The zero-order valence-electron chi connectivity index (χ0n) is 11.3. The molecule has 0 saturated heterocycles. The van der Waals surface area contributed by atoms with Crippen LogP contribution in [0.5, 0.6) is 0 Å². The number of rotatable bonds is 7. The molecular formula is C10H19N7O3. The van der Waals surface area contributed by atoms with Crippen LogP contribution >= 0.6 is 0 Å². The lowest BCUT2D eigenvalue weighted by Gasteiger charge is -2.15. The van der Waals surface area contributed by atoms with Gasteiger partial charge in [0.25, 0.3) is 0 Å². The van der Waals surface area contributed by atoms with Crippen LogP contribution in [0.15, 0.2) is 24.8 Å². The van der Waals surface area contributed by atoms with Gasteiger partial charge in [-0.3, -0.25) is 20.9 Å². The highest BCUT2D eigenvalue weighted by Crippen LogP contribution is 1.84. The summed E-state index contributed by atoms with van der Waals surface area (Å²) in [6, 6.07) is -1.88. The highest BCUT2D eigenvalue weighted by Gasteiger charge is 2.09. The smallest absolute Gasteiger partial charge is 0.334 e. The molecule has 0 saturated carbocycles. The number of hydrogen-bond acceptors (Lipinski definition) is 5. The third kappa shape index (κ3) is 7.55. The first-order valence-corrected chi connectivity index (χ1v) is 5.51. The van der Waals surface area contributed by atoms with Gasteiger partial charge in [0, 0.05) is 7.05 Å². The van der Waals surface area contributed by atoms with Gasteiger partial charge in [-0.25, -0.2) is 15.0 Å². The molecule has 8 N–H and O–H groups in total. The third-order valence-corrected chi connectivity index (χ3v) is 1.89. The Bertz CT molecular complexity index is 421. The molecule has 1 unspecified atom stereocenters. The van der Waals surface area contributed by atoms with E-state index in [9.17, 15) is 14.4 Å². The van der Waals surface area contributed by atoms with Crippen molar-refractivity contribution in [3.63, 3.8) is 0 Å². The first kappa shape index (κ1) is 17.2. The summed E-state index contributed by atoms with van der Waals surface area (Å²) in [5.74, 6) is -0.434. The molecule has 0 aliphatic carbocycles. The number of nitrogens with two attached hydrogens (primary N) is 1. The van der Waals surface area contributed by atoms with Crippen molar-refractivity contribution in [1.29, 1.82) is 0 Å². The molecule has 0 aromatic heterocycles. The highest BCUT2D eigenvalue weighted by atomic mass is 16.2. The highest BCUT2D eigenvalue weighted by molar-refractivity contribution is 5.80. The Morgan fingerprint density at radius 3 is 1.95 bits per heavy atom. The first-order valence-electron chi connectivity index (χ1n) is 5.51. The third-order valence-electron chi connectivity index (χ3n) is 1.89. The SMILES string of the molecule is C=C(NC(=C)NC(=O)NNC(C)C(N)=O)NC(=O)NC. The van der Waals surface area contributed by atoms with E-state index >= 15 is 0 Å². The molecule has 0 aliphatic heterocycles. The number of hydrazine groups is 1. The molecule has 0 bridgehead atoms. The Hall–Kier alpha value is -2.75. The second-order valence-corrected chi connectivity index (χ2v) is 3.63. The van der Waals surface area contributed by atoms with E-state index < -0.39 is 24.0 Å². The lowest BCUT2D eigenvalue weighted by molar-refractivity contribution is -0.119. The summed E-state index contributed by atoms with van der Waals surface area (Å²) in [7, 11) is 1.44. The molecule has 0 aromatic carbocycles. The monoisotopic (exact) mass is 285 g/mol. The average molecular weight is 285 g/mol. The second-order valence-electron chi connectivity index (χ2n) is 3.63. The molecule has 0 spiro atoms. The molecule has 10 heteroatoms. The van der Waals surface area contributed by atoms with Gasteiger partial charge in [-0.1, -0.05) is 13.2 Å². The van der Waals surface area contributed by atoms with E-state index in [0.29, 0.717) is 0 Å². The van der Waals surface area contributed by atoms with Crippen molar-refractivity contribution in [2.75, 3.05) is 7.05 Å². The van der Waals surface area contributed by atoms with E-state index in [0.717, 1.165) is 0 Å². The normalized spacial score (nSPS) is 10.7. The van der Waals surface area contributed by atoms with Crippen LogP contribution in [0, 0.1) is 0 Å². The Morgan fingerprint density at radius 1 is 1.00 bits per heavy atom. The fourth-order valence-electron chi connectivity index (χ4n) is 0.857. The van der Waals surface area contributed by atoms with Crippen LogP contribution in [0.2, 0.25) is 0 Å². The van der Waals surface area contributed by atoms with Gasteiger partial charge in [0.15, 0.2) is 0 Å². The summed E-state index contributed by atoms with van der Waals surface area (Å²) in [5, 5.41) is 9.48. The summed E-state index contributed by atoms with van der Waals surface area (Å²) in [6.45, 7) is 8.47. The predicted molar refractivity (Wildman–Crippen MR) is 72.5 cm³/mol. The van der Waals surface area contributed by atoms with Gasteiger partial charge < -0.3 is 16.4 Å². The number of nitrogens with one attached hydrogen (secondary N) is 6. The molecule has 20 heavy (non-hydrogen) atoms. The van der Waals surface area contributed by atoms with Gasteiger partial charge in [0.05, 0.1) is 0 Å². The number of carbonyl (C=O) groups excluding carboxylic acids is 3. The quantitative estimate of drug-likeness (QED) is 0.273. The molecule has 0 aliphatic rings. The Labute approximate surface area is 116 Å². The standard InChI is InChI=1S/C10H19N7O3/c1-5(8(11)18)16-17-10(20)15-7(3)13-6(2)14-9(19)12-4/h5,13,16H,2-3H2,1,4H3,(H2,11,18)(H2,12,14,19)(H2,15,17,20). The van der Waals surface area contributed by atoms with E-state index in [1.54, 1.807) is 0 Å². The minimum Gasteiger partial charge on any atom is -0.368 e. The van der Waals surface area contributed by atoms with Gasteiger partial charge >= 0.3 is 12.1 Å². The summed E-state index contributed by atoms with van der Waals surface area (Å²) in [4.78, 5) is 33.0. The summed E-state index contributed by atoms with van der Waals surface area (Å²) in [5.41, 5.74) is 9.55. The zero-order valence-corrected chi connectivity index (χ0v) is 11.3. The van der Waals surface area contributed by atoms with Crippen LogP contribution in [-0.2, 0) is 4.79 Å². The van der Waals surface area contributed by atoms with Crippen molar-refractivity contribution < 1.29 is 14.4 Å². The number of carbonyl (C=O) groups is 3. The maximum absolute atomic E-state index is 11.4. The number of amides is 5. The van der Waals surface area contributed by atoms with Crippen LogP contribution in [0.25, 0.3) is 0 Å². The van der Waals surface area contributed by atoms with E-state index in [1.165, 1.54) is 14.0 Å². The summed E-state index contributed by atoms with van der Waals surface area (Å²) in [6.07, 6.45) is 0. The van der Waals surface area contributed by atoms with Crippen LogP contribution in [0.3, 0.4) is 0 Å². The molecule has 112 valence electrons. The first-order chi connectivity index (χ1) is 9.26. The predicted octanol–water partition coefficient (Wildman–Crippen LogP) is -1.87. The minimum absolute atomic E-state index is 0.0671. The Morgan fingerprint density at radius 2 is 1.50 bits per heavy atom. The molecule has 0 fully saturated rings. The van der Waals surface area contributed by atoms with Crippen molar-refractivity contribution in [3.05, 3.63) is 24.8 Å². The maximum atomic E-state index is 11.4. The van der Waals surface area contributed by atoms with Gasteiger partial charge in [-0.05, 0) is 6.92 Å². The second kappa shape index (κ2) is 8.37. The largest absolute Gasteiger partial charge is 0.368 e. The van der Waals surface area contributed by atoms with Gasteiger partial charge in [0.2, 0.25) is 5.91 Å². The molecule has 1 atom stereocenters. The molecular weight excluding hydrogens is 266 g/mol. The van der Waals surface area contributed by atoms with Crippen molar-refractivity contribution in [2.24, 2.45) is 5.73 Å². The molecule has 0 radical (unpaired) electrons. The average Bonchev–Trinajstić information content (AvgIpc) is 2.34. The van der Waals surface area contributed by atoms with Crippen molar-refractivity contribution in [1.82, 2.24) is 32.1 Å². The van der Waals surface area contributed by atoms with Crippen LogP contribution in [-0.4, -0.2) is 31.1 Å². The Kier molecular flexibility index (Phi) is 7.22. The number of hydrogen-bond donors (Lipinski definition) is 7. The lowest BCUT2D eigenvalue weighted by Crippen LogP contribution is -2.52. The molecule has 0 rings (SSSR count). The van der Waals surface area contributed by atoms with Gasteiger partial charge in [0.1, 0.15) is 17.7 Å². The van der Waals surface area contributed by atoms with E-state index in [-0.39, 0.29) is 11.6 Å². The van der Waals surface area contributed by atoms with Gasteiger partial charge in [-0.2, -0.15) is 0 Å². The van der Waals surface area contributed by atoms with Gasteiger partial charge in [-0.15, -0.1) is 0 Å². The van der Waals surface area contributed by atoms with Crippen LogP contribution < -0.4 is 37.9 Å². The van der Waals surface area contributed by atoms with Crippen molar-refractivity contribution in [2.45, 2.75) is 13.0 Å². The van der Waals surface area contributed by atoms with E-state index in [2.05, 4.69) is 45.3 Å². The van der Waals surface area contributed by atoms with Crippen LogP contribution in [0.4, 0.5) is 9.59 Å². The topological polar surface area (TPSA) is 149 Å². The van der Waals surface area contributed by atoms with Crippen molar-refractivity contribution >= 4 is 18.0 Å². The van der Waals surface area contributed by atoms with Crippen LogP contribution in [0.1, 0.15) is 6.92 Å². The van der Waals surface area contributed by atoms with Crippen molar-refractivity contribution in [3.8, 4) is 0 Å². The zero-order chi connectivity index (χ0) is 15.7. The number of urea groups is 2. The van der Waals surface area contributed by atoms with E-state index in [4.69, 9.17) is 5.73 Å². The molecule has 5 amide bonds. The maximum Gasteiger partial charge on any atom is 0.334 e. The lowest BCUT2D eigenvalue weighted by atomic mass is 10.3. The Balaban J connectivity index is 4.02. The molecule has 10 nitrogen and oxygen atoms in total. The summed E-state index contributed by atoms with van der Waals surface area (Å²) < 4.78 is 0. The fourth-order valence-corrected chi connectivity index (χ4v) is 0.857.